The summed E-state index contributed by atoms with van der Waals surface area (Å²) in [4.78, 5) is 2.33. The predicted octanol–water partition coefficient (Wildman–Crippen LogP) is 14.6. The third-order valence-electron chi connectivity index (χ3n) is 11.0. The first-order valence-electron chi connectivity index (χ1n) is 18.8. The Labute approximate surface area is 318 Å². The van der Waals surface area contributed by atoms with Crippen LogP contribution in [-0.4, -0.2) is 4.57 Å². The molecule has 11 rings (SSSR count). The zero-order chi connectivity index (χ0) is 36.3. The van der Waals surface area contributed by atoms with Gasteiger partial charge in [0.25, 0.3) is 0 Å². The third kappa shape index (κ3) is 5.20. The van der Waals surface area contributed by atoms with Gasteiger partial charge in [-0.15, -0.1) is 0 Å². The molecule has 0 radical (unpaired) electrons. The molecule has 55 heavy (non-hydrogen) atoms. The van der Waals surface area contributed by atoms with Crippen molar-refractivity contribution in [2.24, 2.45) is 0 Å². The van der Waals surface area contributed by atoms with Crippen molar-refractivity contribution in [3.05, 3.63) is 206 Å². The molecule has 9 aromatic carbocycles. The number of nitrogens with zero attached hydrogens (tertiary/aromatic N) is 2. The standard InChI is InChI=1S/C52H34N2O/c1-2-15-40(16-3-1)53-34-48(45-18-6-8-21-49(45)53)38-14-10-13-37(32-38)35-26-28-41(29-27-35)54(50-22-11-20-47-46-19-7-9-23-51(46)55-52(47)50)42-30-31-44-39(33-42)25-24-36-12-4-5-17-43(36)44/h1-34H. The maximum absolute atomic E-state index is 6.62. The van der Waals surface area contributed by atoms with Crippen LogP contribution in [0.1, 0.15) is 0 Å². The van der Waals surface area contributed by atoms with Gasteiger partial charge in [-0.3, -0.25) is 0 Å². The summed E-state index contributed by atoms with van der Waals surface area (Å²) in [5, 5.41) is 8.39. The van der Waals surface area contributed by atoms with Gasteiger partial charge in [0, 0.05) is 45.0 Å². The summed E-state index contributed by atoms with van der Waals surface area (Å²) in [6, 6.07) is 71.6. The number of rotatable bonds is 6. The Kier molecular flexibility index (Phi) is 7.17. The second-order valence-electron chi connectivity index (χ2n) is 14.2. The van der Waals surface area contributed by atoms with Gasteiger partial charge >= 0.3 is 0 Å². The molecule has 0 amide bonds. The van der Waals surface area contributed by atoms with Crippen LogP contribution in [0.5, 0.6) is 0 Å². The van der Waals surface area contributed by atoms with E-state index in [9.17, 15) is 0 Å². The highest BCUT2D eigenvalue weighted by atomic mass is 16.3. The fraction of sp³-hybridized carbons (Fsp3) is 0. The molecule has 2 aromatic heterocycles. The monoisotopic (exact) mass is 702 g/mol. The second kappa shape index (κ2) is 12.6. The van der Waals surface area contributed by atoms with Crippen molar-refractivity contribution in [3.63, 3.8) is 0 Å². The van der Waals surface area contributed by atoms with Crippen molar-refractivity contribution in [3.8, 4) is 27.9 Å². The molecule has 0 bridgehead atoms. The van der Waals surface area contributed by atoms with E-state index in [1.165, 1.54) is 49.1 Å². The van der Waals surface area contributed by atoms with E-state index in [1.807, 2.05) is 12.1 Å². The molecule has 0 fully saturated rings. The average molecular weight is 703 g/mol. The van der Waals surface area contributed by atoms with Crippen molar-refractivity contribution < 1.29 is 4.42 Å². The van der Waals surface area contributed by atoms with Crippen molar-refractivity contribution in [1.82, 2.24) is 4.57 Å². The van der Waals surface area contributed by atoms with Crippen molar-refractivity contribution >= 4 is 71.4 Å². The van der Waals surface area contributed by atoms with Gasteiger partial charge in [-0.2, -0.15) is 0 Å². The van der Waals surface area contributed by atoms with Gasteiger partial charge in [0.2, 0.25) is 0 Å². The fourth-order valence-corrected chi connectivity index (χ4v) is 8.36. The maximum atomic E-state index is 6.62. The quantitative estimate of drug-likeness (QED) is 0.161. The molecule has 0 aliphatic rings. The number of aromatic nitrogens is 1. The highest BCUT2D eigenvalue weighted by Gasteiger charge is 2.20. The largest absolute Gasteiger partial charge is 0.454 e. The highest BCUT2D eigenvalue weighted by molar-refractivity contribution is 6.12. The molecule has 0 atom stereocenters. The molecule has 11 aromatic rings. The number of furan rings is 1. The van der Waals surface area contributed by atoms with E-state index in [1.54, 1.807) is 0 Å². The van der Waals surface area contributed by atoms with E-state index in [0.29, 0.717) is 0 Å². The van der Waals surface area contributed by atoms with Crippen LogP contribution in [-0.2, 0) is 0 Å². The molecule has 0 N–H and O–H groups in total. The van der Waals surface area contributed by atoms with E-state index in [-0.39, 0.29) is 0 Å². The number of hydrogen-bond acceptors (Lipinski definition) is 2. The van der Waals surface area contributed by atoms with Gasteiger partial charge in [0.15, 0.2) is 5.58 Å². The Balaban J connectivity index is 1.03. The van der Waals surface area contributed by atoms with Crippen LogP contribution in [0, 0.1) is 0 Å². The van der Waals surface area contributed by atoms with Crippen LogP contribution < -0.4 is 4.90 Å². The van der Waals surface area contributed by atoms with E-state index in [0.717, 1.165) is 50.3 Å². The lowest BCUT2D eigenvalue weighted by molar-refractivity contribution is 0.669. The minimum atomic E-state index is 0.869. The van der Waals surface area contributed by atoms with Crippen molar-refractivity contribution in [2.75, 3.05) is 4.90 Å². The normalized spacial score (nSPS) is 11.6. The first-order chi connectivity index (χ1) is 27.3. The molecule has 3 nitrogen and oxygen atoms in total. The molecule has 0 aliphatic heterocycles. The van der Waals surface area contributed by atoms with Gasteiger partial charge < -0.3 is 13.9 Å². The lowest BCUT2D eigenvalue weighted by Crippen LogP contribution is -2.10. The summed E-state index contributed by atoms with van der Waals surface area (Å²) < 4.78 is 8.91. The van der Waals surface area contributed by atoms with E-state index in [4.69, 9.17) is 4.42 Å². The number of para-hydroxylation sites is 4. The van der Waals surface area contributed by atoms with Gasteiger partial charge in [-0.25, -0.2) is 0 Å². The van der Waals surface area contributed by atoms with Crippen LogP contribution in [0.15, 0.2) is 211 Å². The Morgan fingerprint density at radius 2 is 1.07 bits per heavy atom. The van der Waals surface area contributed by atoms with Crippen molar-refractivity contribution in [1.29, 1.82) is 0 Å². The Morgan fingerprint density at radius 1 is 0.400 bits per heavy atom. The molecule has 3 heteroatoms. The van der Waals surface area contributed by atoms with Gasteiger partial charge in [0.05, 0.1) is 11.2 Å². The summed E-state index contributed by atoms with van der Waals surface area (Å²) in [6.07, 6.45) is 2.27. The second-order valence-corrected chi connectivity index (χ2v) is 14.2. The average Bonchev–Trinajstić information content (AvgIpc) is 3.84. The number of hydrogen-bond donors (Lipinski definition) is 0. The summed E-state index contributed by atoms with van der Waals surface area (Å²) in [5.41, 5.74) is 12.0. The molecule has 0 unspecified atom stereocenters. The summed E-state index contributed by atoms with van der Waals surface area (Å²) >= 11 is 0. The summed E-state index contributed by atoms with van der Waals surface area (Å²) in [7, 11) is 0. The minimum absolute atomic E-state index is 0.869. The molecule has 258 valence electrons. The van der Waals surface area contributed by atoms with E-state index >= 15 is 0 Å². The Morgan fingerprint density at radius 3 is 1.96 bits per heavy atom. The Bertz CT molecular complexity index is 3210. The SMILES string of the molecule is c1ccc(-n2cc(-c3cccc(-c4ccc(N(c5ccc6c(ccc7ccccc76)c5)c5cccc6c5oc5ccccc56)cc4)c3)c3ccccc32)cc1. The maximum Gasteiger partial charge on any atom is 0.159 e. The van der Waals surface area contributed by atoms with Crippen LogP contribution >= 0.6 is 0 Å². The zero-order valence-electron chi connectivity index (χ0n) is 29.9. The number of benzene rings is 9. The van der Waals surface area contributed by atoms with Crippen LogP contribution in [0.2, 0.25) is 0 Å². The van der Waals surface area contributed by atoms with E-state index < -0.39 is 0 Å². The first kappa shape index (κ1) is 31.2. The van der Waals surface area contributed by atoms with Crippen LogP contribution in [0.4, 0.5) is 17.1 Å². The zero-order valence-corrected chi connectivity index (χ0v) is 29.9. The highest BCUT2D eigenvalue weighted by Crippen LogP contribution is 2.44. The molecule has 0 spiro atoms. The predicted molar refractivity (Wildman–Crippen MR) is 231 cm³/mol. The number of anilines is 3. The van der Waals surface area contributed by atoms with Gasteiger partial charge in [-0.05, 0) is 98.9 Å². The molecule has 0 aliphatic carbocycles. The smallest absolute Gasteiger partial charge is 0.159 e. The van der Waals surface area contributed by atoms with E-state index in [2.05, 4.69) is 204 Å². The summed E-state index contributed by atoms with van der Waals surface area (Å²) in [5.74, 6) is 0. The lowest BCUT2D eigenvalue weighted by Gasteiger charge is -2.26. The Hall–Kier alpha value is -7.36. The molecular formula is C52H34N2O. The van der Waals surface area contributed by atoms with Crippen molar-refractivity contribution in [2.45, 2.75) is 0 Å². The molecule has 0 saturated heterocycles. The minimum Gasteiger partial charge on any atom is -0.454 e. The third-order valence-corrected chi connectivity index (χ3v) is 11.0. The molecular weight excluding hydrogens is 669 g/mol. The topological polar surface area (TPSA) is 21.3 Å². The summed E-state index contributed by atoms with van der Waals surface area (Å²) in [6.45, 7) is 0. The van der Waals surface area contributed by atoms with Gasteiger partial charge in [-0.1, -0.05) is 140 Å². The molecule has 0 saturated carbocycles. The first-order valence-corrected chi connectivity index (χ1v) is 18.8. The lowest BCUT2D eigenvalue weighted by atomic mass is 9.98. The molecule has 2 heterocycles. The number of fused-ring (bicyclic) bond motifs is 7. The fourth-order valence-electron chi connectivity index (χ4n) is 8.36. The van der Waals surface area contributed by atoms with Crippen LogP contribution in [0.25, 0.3) is 82.3 Å². The van der Waals surface area contributed by atoms with Crippen LogP contribution in [0.3, 0.4) is 0 Å². The van der Waals surface area contributed by atoms with Gasteiger partial charge in [0.1, 0.15) is 5.58 Å².